The van der Waals surface area contributed by atoms with E-state index in [1.807, 2.05) is 0 Å². The summed E-state index contributed by atoms with van der Waals surface area (Å²) in [4.78, 5) is 23.6. The second kappa shape index (κ2) is 9.37. The third kappa shape index (κ3) is 5.30. The predicted octanol–water partition coefficient (Wildman–Crippen LogP) is 4.52. The van der Waals surface area contributed by atoms with Crippen LogP contribution in [0, 0.1) is 0 Å². The Bertz CT molecular complexity index is 738. The topological polar surface area (TPSA) is 67.4 Å². The second-order valence-electron chi connectivity index (χ2n) is 4.59. The molecule has 24 heavy (non-hydrogen) atoms. The smallest absolute Gasteiger partial charge is 0.339 e. The largest absolute Gasteiger partial charge is 0.465 e. The van der Waals surface area contributed by atoms with Gasteiger partial charge in [-0.25, -0.2) is 9.59 Å². The first-order valence-electron chi connectivity index (χ1n) is 6.67. The number of carbonyl (C=O) groups excluding carboxylic acids is 2. The van der Waals surface area contributed by atoms with Crippen molar-refractivity contribution in [1.29, 1.82) is 0 Å². The van der Waals surface area contributed by atoms with Crippen molar-refractivity contribution in [2.75, 3.05) is 12.4 Å². The van der Waals surface area contributed by atoms with Crippen LogP contribution in [0.3, 0.4) is 0 Å². The Labute approximate surface area is 155 Å². The van der Waals surface area contributed by atoms with Gasteiger partial charge in [0, 0.05) is 6.54 Å². The minimum atomic E-state index is -0.523. The summed E-state index contributed by atoms with van der Waals surface area (Å²) < 4.78 is 4.67. The molecular formula is C16H15Cl3N2O3. The predicted molar refractivity (Wildman–Crippen MR) is 97.3 cm³/mol. The number of halogens is 3. The van der Waals surface area contributed by atoms with Crippen molar-refractivity contribution in [3.63, 3.8) is 0 Å². The molecule has 0 aliphatic rings. The summed E-state index contributed by atoms with van der Waals surface area (Å²) in [5.41, 5.74) is 1.45. The lowest BCUT2D eigenvalue weighted by atomic mass is 10.2. The number of hydrogen-bond acceptors (Lipinski definition) is 3. The number of amides is 2. The van der Waals surface area contributed by atoms with Crippen LogP contribution in [0.15, 0.2) is 42.5 Å². The van der Waals surface area contributed by atoms with Gasteiger partial charge >= 0.3 is 12.0 Å². The normalized spacial score (nSPS) is 9.62. The molecule has 2 aromatic carbocycles. The number of benzene rings is 2. The first kappa shape index (κ1) is 20.1. The monoisotopic (exact) mass is 388 g/mol. The second-order valence-corrected chi connectivity index (χ2v) is 5.41. The van der Waals surface area contributed by atoms with E-state index < -0.39 is 12.0 Å². The summed E-state index contributed by atoms with van der Waals surface area (Å²) in [6.45, 7) is 0.267. The first-order valence-corrected chi connectivity index (χ1v) is 7.43. The molecule has 0 saturated heterocycles. The molecule has 0 saturated carbocycles. The van der Waals surface area contributed by atoms with E-state index in [0.29, 0.717) is 15.7 Å². The van der Waals surface area contributed by atoms with Gasteiger partial charge in [0.2, 0.25) is 0 Å². The number of ether oxygens (including phenoxy) is 1. The highest BCUT2D eigenvalue weighted by Crippen LogP contribution is 2.22. The minimum Gasteiger partial charge on any atom is -0.465 e. The highest BCUT2D eigenvalue weighted by atomic mass is 35.5. The van der Waals surface area contributed by atoms with E-state index in [4.69, 9.17) is 23.2 Å². The van der Waals surface area contributed by atoms with E-state index >= 15 is 0 Å². The van der Waals surface area contributed by atoms with Gasteiger partial charge in [-0.3, -0.25) is 0 Å². The van der Waals surface area contributed by atoms with Crippen LogP contribution < -0.4 is 10.6 Å². The van der Waals surface area contributed by atoms with E-state index in [2.05, 4.69) is 15.4 Å². The Morgan fingerprint density at radius 1 is 1.08 bits per heavy atom. The van der Waals surface area contributed by atoms with Crippen molar-refractivity contribution in [3.05, 3.63) is 63.6 Å². The van der Waals surface area contributed by atoms with Gasteiger partial charge in [0.15, 0.2) is 0 Å². The Morgan fingerprint density at radius 3 is 2.46 bits per heavy atom. The molecule has 8 heteroatoms. The number of urea groups is 1. The standard InChI is InChI=1S/C16H14Cl2N2O3.ClH/c1-23-15(21)11-4-2-3-5-14(11)20-16(22)19-9-10-6-7-12(17)13(18)8-10;/h2-8H,9H2,1H3,(H2,19,20,22);1H. The van der Waals surface area contributed by atoms with Crippen LogP contribution in [0.4, 0.5) is 10.5 Å². The van der Waals surface area contributed by atoms with Crippen molar-refractivity contribution in [2.45, 2.75) is 6.54 Å². The molecule has 2 N–H and O–H groups in total. The first-order chi connectivity index (χ1) is 11.0. The number of esters is 1. The highest BCUT2D eigenvalue weighted by molar-refractivity contribution is 6.42. The van der Waals surface area contributed by atoms with Crippen LogP contribution in [0.5, 0.6) is 0 Å². The van der Waals surface area contributed by atoms with Gasteiger partial charge in [-0.2, -0.15) is 0 Å². The summed E-state index contributed by atoms with van der Waals surface area (Å²) in [6.07, 6.45) is 0. The van der Waals surface area contributed by atoms with Gasteiger partial charge in [0.1, 0.15) is 0 Å². The Kier molecular flexibility index (Phi) is 7.85. The number of carbonyl (C=O) groups is 2. The van der Waals surface area contributed by atoms with Gasteiger partial charge in [-0.05, 0) is 29.8 Å². The fraction of sp³-hybridized carbons (Fsp3) is 0.125. The number of anilines is 1. The SMILES string of the molecule is COC(=O)c1ccccc1NC(=O)NCc1ccc(Cl)c(Cl)c1.Cl. The molecule has 0 unspecified atom stereocenters. The van der Waals surface area contributed by atoms with Crippen LogP contribution in [0.25, 0.3) is 0 Å². The van der Waals surface area contributed by atoms with E-state index in [-0.39, 0.29) is 24.5 Å². The Morgan fingerprint density at radius 2 is 1.79 bits per heavy atom. The molecule has 5 nitrogen and oxygen atoms in total. The van der Waals surface area contributed by atoms with Crippen LogP contribution in [-0.4, -0.2) is 19.1 Å². The molecule has 0 aliphatic heterocycles. The lowest BCUT2D eigenvalue weighted by Gasteiger charge is -2.11. The van der Waals surface area contributed by atoms with Crippen molar-refractivity contribution in [3.8, 4) is 0 Å². The molecule has 0 radical (unpaired) electrons. The lowest BCUT2D eigenvalue weighted by Crippen LogP contribution is -2.29. The van der Waals surface area contributed by atoms with Crippen molar-refractivity contribution >= 4 is 53.3 Å². The van der Waals surface area contributed by atoms with Gasteiger partial charge < -0.3 is 15.4 Å². The van der Waals surface area contributed by atoms with Crippen molar-refractivity contribution < 1.29 is 14.3 Å². The molecule has 2 amide bonds. The minimum absolute atomic E-state index is 0. The zero-order chi connectivity index (χ0) is 16.8. The van der Waals surface area contributed by atoms with Gasteiger partial charge in [-0.15, -0.1) is 12.4 Å². The summed E-state index contributed by atoms with van der Waals surface area (Å²) in [5.74, 6) is -0.523. The zero-order valence-corrected chi connectivity index (χ0v) is 15.0. The van der Waals surface area contributed by atoms with Crippen LogP contribution >= 0.6 is 35.6 Å². The van der Waals surface area contributed by atoms with Crippen LogP contribution in [0.1, 0.15) is 15.9 Å². The third-order valence-electron chi connectivity index (χ3n) is 3.02. The molecule has 0 atom stereocenters. The number of rotatable bonds is 4. The molecule has 2 rings (SSSR count). The number of hydrogen-bond donors (Lipinski definition) is 2. The molecule has 0 fully saturated rings. The Hall–Kier alpha value is -1.95. The molecule has 0 heterocycles. The quantitative estimate of drug-likeness (QED) is 0.755. The number of para-hydroxylation sites is 1. The summed E-state index contributed by atoms with van der Waals surface area (Å²) in [5, 5.41) is 6.16. The van der Waals surface area contributed by atoms with Gasteiger partial charge in [-0.1, -0.05) is 41.4 Å². The molecule has 0 aliphatic carbocycles. The van der Waals surface area contributed by atoms with Crippen molar-refractivity contribution in [2.24, 2.45) is 0 Å². The number of methoxy groups -OCH3 is 1. The van der Waals surface area contributed by atoms with Crippen LogP contribution in [0.2, 0.25) is 10.0 Å². The molecular weight excluding hydrogens is 375 g/mol. The molecule has 2 aromatic rings. The zero-order valence-electron chi connectivity index (χ0n) is 12.6. The lowest BCUT2D eigenvalue weighted by molar-refractivity contribution is 0.0602. The molecule has 0 bridgehead atoms. The fourth-order valence-electron chi connectivity index (χ4n) is 1.88. The maximum absolute atomic E-state index is 12.0. The van der Waals surface area contributed by atoms with Gasteiger partial charge in [0.25, 0.3) is 0 Å². The molecule has 128 valence electrons. The average Bonchev–Trinajstić information content (AvgIpc) is 2.55. The van der Waals surface area contributed by atoms with Gasteiger partial charge in [0.05, 0.1) is 28.4 Å². The summed E-state index contributed by atoms with van der Waals surface area (Å²) >= 11 is 11.8. The van der Waals surface area contributed by atoms with E-state index in [1.165, 1.54) is 7.11 Å². The summed E-state index contributed by atoms with van der Waals surface area (Å²) in [6, 6.07) is 11.2. The molecule has 0 aromatic heterocycles. The maximum atomic E-state index is 12.0. The maximum Gasteiger partial charge on any atom is 0.339 e. The van der Waals surface area contributed by atoms with E-state index in [0.717, 1.165) is 5.56 Å². The van der Waals surface area contributed by atoms with Crippen molar-refractivity contribution in [1.82, 2.24) is 5.32 Å². The number of nitrogens with one attached hydrogen (secondary N) is 2. The van der Waals surface area contributed by atoms with E-state index in [1.54, 1.807) is 42.5 Å². The highest BCUT2D eigenvalue weighted by Gasteiger charge is 2.13. The molecule has 0 spiro atoms. The third-order valence-corrected chi connectivity index (χ3v) is 3.76. The summed E-state index contributed by atoms with van der Waals surface area (Å²) in [7, 11) is 1.28. The Balaban J connectivity index is 0.00000288. The van der Waals surface area contributed by atoms with E-state index in [9.17, 15) is 9.59 Å². The average molecular weight is 390 g/mol. The van der Waals surface area contributed by atoms with Crippen LogP contribution in [-0.2, 0) is 11.3 Å². The fourth-order valence-corrected chi connectivity index (χ4v) is 2.20.